The quantitative estimate of drug-likeness (QED) is 0.621. The van der Waals surface area contributed by atoms with Gasteiger partial charge in [-0.2, -0.15) is 0 Å². The lowest BCUT2D eigenvalue weighted by molar-refractivity contribution is -0.396. The van der Waals surface area contributed by atoms with E-state index in [-0.39, 0.29) is 10.6 Å². The SMILES string of the molecule is Cc1cc([N+](=O)[O-])c(O)c([N+](=O)[O-])c1Cl. The first-order valence-corrected chi connectivity index (χ1v) is 4.05. The average molecular weight is 233 g/mol. The van der Waals surface area contributed by atoms with Crippen LogP contribution in [-0.2, 0) is 0 Å². The van der Waals surface area contributed by atoms with Crippen LogP contribution < -0.4 is 0 Å². The molecule has 0 aliphatic carbocycles. The molecular weight excluding hydrogens is 228 g/mol. The standard InChI is InChI=1S/C7H5ClN2O5/c1-3-2-4(9(12)13)7(11)6(5(3)8)10(14)15/h2,11H,1H3. The summed E-state index contributed by atoms with van der Waals surface area (Å²) in [7, 11) is 0. The molecule has 0 saturated carbocycles. The maximum absolute atomic E-state index is 10.5. The van der Waals surface area contributed by atoms with E-state index in [9.17, 15) is 25.3 Å². The van der Waals surface area contributed by atoms with E-state index in [0.717, 1.165) is 6.07 Å². The van der Waals surface area contributed by atoms with E-state index in [1.54, 1.807) is 0 Å². The molecule has 0 atom stereocenters. The molecule has 15 heavy (non-hydrogen) atoms. The largest absolute Gasteiger partial charge is 0.497 e. The van der Waals surface area contributed by atoms with Crippen LogP contribution in [0.1, 0.15) is 5.56 Å². The number of hydrogen-bond donors (Lipinski definition) is 1. The lowest BCUT2D eigenvalue weighted by Gasteiger charge is -2.02. The molecule has 0 saturated heterocycles. The van der Waals surface area contributed by atoms with Gasteiger partial charge in [-0.1, -0.05) is 11.6 Å². The minimum atomic E-state index is -1.03. The second-order valence-electron chi connectivity index (χ2n) is 2.74. The average Bonchev–Trinajstić information content (AvgIpc) is 2.10. The summed E-state index contributed by atoms with van der Waals surface area (Å²) in [5.74, 6) is -1.03. The molecule has 0 radical (unpaired) electrons. The summed E-state index contributed by atoms with van der Waals surface area (Å²) in [4.78, 5) is 19.1. The summed E-state index contributed by atoms with van der Waals surface area (Å²) in [5, 5.41) is 29.9. The second-order valence-corrected chi connectivity index (χ2v) is 3.12. The van der Waals surface area contributed by atoms with Crippen molar-refractivity contribution in [1.82, 2.24) is 0 Å². The molecule has 0 bridgehead atoms. The van der Waals surface area contributed by atoms with E-state index in [0.29, 0.717) is 0 Å². The highest BCUT2D eigenvalue weighted by Gasteiger charge is 2.29. The van der Waals surface area contributed by atoms with Gasteiger partial charge in [-0.05, 0) is 12.5 Å². The zero-order chi connectivity index (χ0) is 11.7. The number of aryl methyl sites for hydroxylation is 1. The Balaban J connectivity index is 3.63. The molecule has 0 aliphatic rings. The normalized spacial score (nSPS) is 10.0. The van der Waals surface area contributed by atoms with Crippen molar-refractivity contribution in [2.75, 3.05) is 0 Å². The van der Waals surface area contributed by atoms with Crippen LogP contribution in [0.4, 0.5) is 11.4 Å². The summed E-state index contributed by atoms with van der Waals surface area (Å²) in [6.45, 7) is 1.38. The van der Waals surface area contributed by atoms with Crippen LogP contribution in [0, 0.1) is 27.2 Å². The van der Waals surface area contributed by atoms with Crippen LogP contribution >= 0.6 is 11.6 Å². The highest BCUT2D eigenvalue weighted by Crippen LogP contribution is 2.42. The van der Waals surface area contributed by atoms with Crippen molar-refractivity contribution < 1.29 is 15.0 Å². The van der Waals surface area contributed by atoms with Gasteiger partial charge in [0.05, 0.1) is 9.85 Å². The number of nitro benzene ring substituents is 2. The van der Waals surface area contributed by atoms with Crippen molar-refractivity contribution >= 4 is 23.0 Å². The van der Waals surface area contributed by atoms with Crippen LogP contribution in [0.3, 0.4) is 0 Å². The summed E-state index contributed by atoms with van der Waals surface area (Å²) in [6, 6.07) is 0.977. The van der Waals surface area contributed by atoms with Crippen molar-refractivity contribution in [3.8, 4) is 5.75 Å². The van der Waals surface area contributed by atoms with Gasteiger partial charge in [0, 0.05) is 6.07 Å². The van der Waals surface area contributed by atoms with Crippen LogP contribution in [0.15, 0.2) is 6.07 Å². The number of halogens is 1. The van der Waals surface area contributed by atoms with E-state index in [1.165, 1.54) is 6.92 Å². The van der Waals surface area contributed by atoms with Crippen LogP contribution in [0.25, 0.3) is 0 Å². The molecule has 7 nitrogen and oxygen atoms in total. The molecule has 1 N–H and O–H groups in total. The molecular formula is C7H5ClN2O5. The molecule has 1 aromatic rings. The first-order valence-electron chi connectivity index (χ1n) is 3.67. The van der Waals surface area contributed by atoms with Crippen molar-refractivity contribution in [1.29, 1.82) is 0 Å². The Bertz CT molecular complexity index is 459. The van der Waals surface area contributed by atoms with Gasteiger partial charge in [-0.25, -0.2) is 0 Å². The van der Waals surface area contributed by atoms with E-state index < -0.39 is 27.0 Å². The monoisotopic (exact) mass is 232 g/mol. The Morgan fingerprint density at radius 1 is 1.33 bits per heavy atom. The fourth-order valence-electron chi connectivity index (χ4n) is 1.05. The third kappa shape index (κ3) is 1.82. The zero-order valence-electron chi connectivity index (χ0n) is 7.43. The van der Waals surface area contributed by atoms with E-state index >= 15 is 0 Å². The minimum Gasteiger partial charge on any atom is -0.497 e. The van der Waals surface area contributed by atoms with Crippen LogP contribution in [0.5, 0.6) is 5.75 Å². The van der Waals surface area contributed by atoms with Crippen LogP contribution in [-0.4, -0.2) is 15.0 Å². The first-order chi connectivity index (χ1) is 6.86. The van der Waals surface area contributed by atoms with Crippen LogP contribution in [0.2, 0.25) is 5.02 Å². The summed E-state index contributed by atoms with van der Waals surface area (Å²) < 4.78 is 0. The Labute approximate surface area is 88.2 Å². The number of nitro groups is 2. The van der Waals surface area contributed by atoms with Gasteiger partial charge >= 0.3 is 11.4 Å². The fraction of sp³-hybridized carbons (Fsp3) is 0.143. The molecule has 0 amide bonds. The molecule has 8 heteroatoms. The topological polar surface area (TPSA) is 107 Å². The highest BCUT2D eigenvalue weighted by molar-refractivity contribution is 6.33. The Hall–Kier alpha value is -1.89. The van der Waals surface area contributed by atoms with Crippen molar-refractivity contribution in [3.63, 3.8) is 0 Å². The van der Waals surface area contributed by atoms with Gasteiger partial charge in [0.25, 0.3) is 5.75 Å². The smallest absolute Gasteiger partial charge is 0.336 e. The maximum Gasteiger partial charge on any atom is 0.336 e. The Morgan fingerprint density at radius 2 is 1.87 bits per heavy atom. The van der Waals surface area contributed by atoms with Crippen molar-refractivity contribution in [3.05, 3.63) is 36.9 Å². The lowest BCUT2D eigenvalue weighted by atomic mass is 10.1. The molecule has 1 aromatic carbocycles. The van der Waals surface area contributed by atoms with E-state index in [1.807, 2.05) is 0 Å². The van der Waals surface area contributed by atoms with Gasteiger partial charge in [-0.3, -0.25) is 20.2 Å². The Kier molecular flexibility index (Phi) is 2.76. The number of hydrogen-bond acceptors (Lipinski definition) is 5. The third-order valence-corrected chi connectivity index (χ3v) is 2.23. The summed E-state index contributed by atoms with van der Waals surface area (Å²) in [6.07, 6.45) is 0. The molecule has 0 aromatic heterocycles. The molecule has 80 valence electrons. The van der Waals surface area contributed by atoms with Gasteiger partial charge < -0.3 is 5.11 Å². The van der Waals surface area contributed by atoms with Gasteiger partial charge in [0.2, 0.25) is 0 Å². The van der Waals surface area contributed by atoms with Gasteiger partial charge in [0.15, 0.2) is 0 Å². The van der Waals surface area contributed by atoms with E-state index in [4.69, 9.17) is 11.6 Å². The maximum atomic E-state index is 10.5. The lowest BCUT2D eigenvalue weighted by Crippen LogP contribution is -1.96. The highest BCUT2D eigenvalue weighted by atomic mass is 35.5. The fourth-order valence-corrected chi connectivity index (χ4v) is 1.27. The van der Waals surface area contributed by atoms with Crippen molar-refractivity contribution in [2.45, 2.75) is 6.92 Å². The number of phenolic OH excluding ortho intramolecular Hbond substituents is 1. The third-order valence-electron chi connectivity index (χ3n) is 1.75. The number of aromatic hydroxyl groups is 1. The van der Waals surface area contributed by atoms with Crippen molar-refractivity contribution in [2.24, 2.45) is 0 Å². The Morgan fingerprint density at radius 3 is 2.27 bits per heavy atom. The molecule has 0 aliphatic heterocycles. The zero-order valence-corrected chi connectivity index (χ0v) is 8.19. The molecule has 0 unspecified atom stereocenters. The predicted molar refractivity (Wildman–Crippen MR) is 51.2 cm³/mol. The summed E-state index contributed by atoms with van der Waals surface area (Å²) >= 11 is 5.55. The molecule has 0 heterocycles. The molecule has 0 spiro atoms. The summed E-state index contributed by atoms with van der Waals surface area (Å²) in [5.41, 5.74) is -1.42. The number of rotatable bonds is 2. The molecule has 0 fully saturated rings. The second kappa shape index (κ2) is 3.70. The first kappa shape index (κ1) is 11.2. The number of phenols is 1. The molecule has 1 rings (SSSR count). The predicted octanol–water partition coefficient (Wildman–Crippen LogP) is 2.17. The number of nitrogens with zero attached hydrogens (tertiary/aromatic N) is 2. The van der Waals surface area contributed by atoms with E-state index in [2.05, 4.69) is 0 Å². The van der Waals surface area contributed by atoms with Gasteiger partial charge in [-0.15, -0.1) is 0 Å². The number of benzene rings is 1. The minimum absolute atomic E-state index is 0.160. The van der Waals surface area contributed by atoms with Gasteiger partial charge in [0.1, 0.15) is 5.02 Å².